The summed E-state index contributed by atoms with van der Waals surface area (Å²) in [4.78, 5) is 8.29. The van der Waals surface area contributed by atoms with E-state index >= 15 is 0 Å². The van der Waals surface area contributed by atoms with Crippen LogP contribution in [0.4, 0.5) is 0 Å². The molecular formula is C10H17N3O. The highest BCUT2D eigenvalue weighted by Gasteiger charge is 2.24. The van der Waals surface area contributed by atoms with E-state index in [1.165, 1.54) is 6.33 Å². The minimum atomic E-state index is -0.139. The van der Waals surface area contributed by atoms with Crippen LogP contribution in [-0.4, -0.2) is 23.6 Å². The molecule has 0 aromatic carbocycles. The van der Waals surface area contributed by atoms with Crippen molar-refractivity contribution >= 4 is 0 Å². The van der Waals surface area contributed by atoms with E-state index in [4.69, 9.17) is 10.5 Å². The van der Waals surface area contributed by atoms with Gasteiger partial charge in [0, 0.05) is 17.5 Å². The van der Waals surface area contributed by atoms with E-state index < -0.39 is 0 Å². The van der Waals surface area contributed by atoms with Crippen molar-refractivity contribution in [1.29, 1.82) is 0 Å². The molecule has 1 aromatic heterocycles. The SMILES string of the molecule is COc1ncnc(C(C)(C)CN)c1C. The molecule has 0 aliphatic rings. The second-order valence-electron chi connectivity index (χ2n) is 3.94. The molecule has 0 saturated heterocycles. The number of ether oxygens (including phenoxy) is 1. The summed E-state index contributed by atoms with van der Waals surface area (Å²) >= 11 is 0. The van der Waals surface area contributed by atoms with Gasteiger partial charge in [0.25, 0.3) is 0 Å². The van der Waals surface area contributed by atoms with E-state index in [-0.39, 0.29) is 5.41 Å². The van der Waals surface area contributed by atoms with Gasteiger partial charge in [-0.25, -0.2) is 9.97 Å². The second kappa shape index (κ2) is 3.92. The number of methoxy groups -OCH3 is 1. The second-order valence-corrected chi connectivity index (χ2v) is 3.94. The molecule has 78 valence electrons. The van der Waals surface area contributed by atoms with Crippen molar-refractivity contribution in [3.63, 3.8) is 0 Å². The van der Waals surface area contributed by atoms with E-state index in [0.717, 1.165) is 11.3 Å². The third-order valence-corrected chi connectivity index (χ3v) is 2.38. The topological polar surface area (TPSA) is 61.0 Å². The van der Waals surface area contributed by atoms with Crippen molar-refractivity contribution in [3.05, 3.63) is 17.6 Å². The van der Waals surface area contributed by atoms with E-state index in [0.29, 0.717) is 12.4 Å². The minimum absolute atomic E-state index is 0.139. The average molecular weight is 195 g/mol. The largest absolute Gasteiger partial charge is 0.481 e. The maximum atomic E-state index is 5.70. The molecular weight excluding hydrogens is 178 g/mol. The van der Waals surface area contributed by atoms with Crippen LogP contribution in [0.2, 0.25) is 0 Å². The molecule has 0 amide bonds. The predicted molar refractivity (Wildman–Crippen MR) is 55.4 cm³/mol. The lowest BCUT2D eigenvalue weighted by atomic mass is 9.87. The molecule has 4 heteroatoms. The lowest BCUT2D eigenvalue weighted by Gasteiger charge is -2.23. The maximum absolute atomic E-state index is 5.70. The Balaban J connectivity index is 3.22. The molecule has 0 spiro atoms. The van der Waals surface area contributed by atoms with Gasteiger partial charge in [0.15, 0.2) is 0 Å². The Bertz CT molecular complexity index is 323. The Morgan fingerprint density at radius 2 is 2.07 bits per heavy atom. The van der Waals surface area contributed by atoms with Crippen LogP contribution >= 0.6 is 0 Å². The summed E-state index contributed by atoms with van der Waals surface area (Å²) in [5.41, 5.74) is 7.47. The van der Waals surface area contributed by atoms with Crippen LogP contribution in [0.1, 0.15) is 25.1 Å². The van der Waals surface area contributed by atoms with E-state index in [1.807, 2.05) is 6.92 Å². The summed E-state index contributed by atoms with van der Waals surface area (Å²) < 4.78 is 5.13. The van der Waals surface area contributed by atoms with Gasteiger partial charge in [-0.3, -0.25) is 0 Å². The van der Waals surface area contributed by atoms with Gasteiger partial charge >= 0.3 is 0 Å². The van der Waals surface area contributed by atoms with Crippen molar-refractivity contribution in [1.82, 2.24) is 9.97 Å². The molecule has 0 fully saturated rings. The molecule has 14 heavy (non-hydrogen) atoms. The Morgan fingerprint density at radius 3 is 2.57 bits per heavy atom. The fraction of sp³-hybridized carbons (Fsp3) is 0.600. The molecule has 0 unspecified atom stereocenters. The van der Waals surface area contributed by atoms with Gasteiger partial charge in [-0.2, -0.15) is 0 Å². The zero-order valence-electron chi connectivity index (χ0n) is 9.16. The number of aromatic nitrogens is 2. The van der Waals surface area contributed by atoms with Gasteiger partial charge in [-0.15, -0.1) is 0 Å². The summed E-state index contributed by atoms with van der Waals surface area (Å²) in [7, 11) is 1.61. The van der Waals surface area contributed by atoms with Gasteiger partial charge in [-0.1, -0.05) is 13.8 Å². The number of nitrogens with two attached hydrogens (primary N) is 1. The molecule has 0 radical (unpaired) electrons. The summed E-state index contributed by atoms with van der Waals surface area (Å²) in [6.07, 6.45) is 1.51. The number of rotatable bonds is 3. The molecule has 0 aliphatic carbocycles. The first-order valence-electron chi connectivity index (χ1n) is 4.59. The maximum Gasteiger partial charge on any atom is 0.219 e. The van der Waals surface area contributed by atoms with Crippen LogP contribution in [0.5, 0.6) is 5.88 Å². The Kier molecular flexibility index (Phi) is 3.06. The van der Waals surface area contributed by atoms with Crippen molar-refractivity contribution in [2.45, 2.75) is 26.2 Å². The average Bonchev–Trinajstić information content (AvgIpc) is 2.18. The van der Waals surface area contributed by atoms with Gasteiger partial charge in [-0.05, 0) is 6.92 Å². The van der Waals surface area contributed by atoms with Crippen LogP contribution in [0, 0.1) is 6.92 Å². The summed E-state index contributed by atoms with van der Waals surface area (Å²) in [5, 5.41) is 0. The number of hydrogen-bond donors (Lipinski definition) is 1. The highest BCUT2D eigenvalue weighted by molar-refractivity contribution is 5.32. The zero-order valence-corrected chi connectivity index (χ0v) is 9.16. The molecule has 0 aliphatic heterocycles. The molecule has 1 heterocycles. The molecule has 0 saturated carbocycles. The molecule has 0 atom stereocenters. The molecule has 1 aromatic rings. The van der Waals surface area contributed by atoms with Gasteiger partial charge in [0.1, 0.15) is 6.33 Å². The van der Waals surface area contributed by atoms with Crippen LogP contribution in [-0.2, 0) is 5.41 Å². The lowest BCUT2D eigenvalue weighted by Crippen LogP contribution is -2.30. The van der Waals surface area contributed by atoms with Crippen LogP contribution in [0.25, 0.3) is 0 Å². The van der Waals surface area contributed by atoms with Gasteiger partial charge < -0.3 is 10.5 Å². The van der Waals surface area contributed by atoms with E-state index in [1.54, 1.807) is 7.11 Å². The first-order valence-corrected chi connectivity index (χ1v) is 4.59. The minimum Gasteiger partial charge on any atom is -0.481 e. The van der Waals surface area contributed by atoms with Crippen molar-refractivity contribution in [2.24, 2.45) is 5.73 Å². The summed E-state index contributed by atoms with van der Waals surface area (Å²) in [6.45, 7) is 6.61. The highest BCUT2D eigenvalue weighted by Crippen LogP contribution is 2.26. The van der Waals surface area contributed by atoms with E-state index in [9.17, 15) is 0 Å². The fourth-order valence-corrected chi connectivity index (χ4v) is 1.42. The molecule has 2 N–H and O–H groups in total. The summed E-state index contributed by atoms with van der Waals surface area (Å²) in [6, 6.07) is 0. The normalized spacial score (nSPS) is 11.5. The Labute approximate surface area is 84.5 Å². The number of nitrogens with zero attached hydrogens (tertiary/aromatic N) is 2. The monoisotopic (exact) mass is 195 g/mol. The van der Waals surface area contributed by atoms with Crippen molar-refractivity contribution < 1.29 is 4.74 Å². The Morgan fingerprint density at radius 1 is 1.43 bits per heavy atom. The standard InChI is InChI=1S/C10H17N3O/c1-7-8(10(2,3)5-11)12-6-13-9(7)14-4/h6H,5,11H2,1-4H3. The van der Waals surface area contributed by atoms with Crippen LogP contribution in [0.3, 0.4) is 0 Å². The molecule has 0 bridgehead atoms. The third-order valence-electron chi connectivity index (χ3n) is 2.38. The van der Waals surface area contributed by atoms with Crippen LogP contribution < -0.4 is 10.5 Å². The first kappa shape index (κ1) is 10.9. The first-order chi connectivity index (χ1) is 6.53. The third kappa shape index (κ3) is 1.85. The van der Waals surface area contributed by atoms with Gasteiger partial charge in [0.05, 0.1) is 12.8 Å². The lowest BCUT2D eigenvalue weighted by molar-refractivity contribution is 0.388. The quantitative estimate of drug-likeness (QED) is 0.782. The Hall–Kier alpha value is -1.16. The summed E-state index contributed by atoms with van der Waals surface area (Å²) in [5.74, 6) is 0.622. The predicted octanol–water partition coefficient (Wildman–Crippen LogP) is 1.03. The highest BCUT2D eigenvalue weighted by atomic mass is 16.5. The fourth-order valence-electron chi connectivity index (χ4n) is 1.42. The van der Waals surface area contributed by atoms with E-state index in [2.05, 4.69) is 23.8 Å². The van der Waals surface area contributed by atoms with Crippen LogP contribution in [0.15, 0.2) is 6.33 Å². The molecule has 1 rings (SSSR count). The van der Waals surface area contributed by atoms with Crippen molar-refractivity contribution in [2.75, 3.05) is 13.7 Å². The smallest absolute Gasteiger partial charge is 0.219 e. The molecule has 4 nitrogen and oxygen atoms in total. The van der Waals surface area contributed by atoms with Gasteiger partial charge in [0.2, 0.25) is 5.88 Å². The number of hydrogen-bond acceptors (Lipinski definition) is 4. The zero-order chi connectivity index (χ0) is 10.8. The van der Waals surface area contributed by atoms with Crippen molar-refractivity contribution in [3.8, 4) is 5.88 Å².